The van der Waals surface area contributed by atoms with Gasteiger partial charge >= 0.3 is 0 Å². The fourth-order valence-electron chi connectivity index (χ4n) is 3.74. The number of para-hydroxylation sites is 2. The van der Waals surface area contributed by atoms with E-state index in [-0.39, 0.29) is 5.91 Å². The highest BCUT2D eigenvalue weighted by Gasteiger charge is 2.22. The van der Waals surface area contributed by atoms with Gasteiger partial charge < -0.3 is 14.4 Å². The van der Waals surface area contributed by atoms with Crippen LogP contribution in [0.25, 0.3) is 11.0 Å². The number of aromatic nitrogens is 4. The highest BCUT2D eigenvalue weighted by molar-refractivity contribution is 5.78. The molecule has 29 heavy (non-hydrogen) atoms. The molecule has 1 saturated heterocycles. The van der Waals surface area contributed by atoms with Gasteiger partial charge in [-0.05, 0) is 19.1 Å². The second-order valence-electron chi connectivity index (χ2n) is 7.92. The minimum atomic E-state index is 0.198. The Labute approximate surface area is 171 Å². The van der Waals surface area contributed by atoms with E-state index in [4.69, 9.17) is 4.98 Å². The van der Waals surface area contributed by atoms with Crippen LogP contribution >= 0.6 is 0 Å². The number of hydrogen-bond donors (Lipinski definition) is 0. The summed E-state index contributed by atoms with van der Waals surface area (Å²) in [4.78, 5) is 30.6. The number of aryl methyl sites for hydroxylation is 2. The number of benzene rings is 1. The molecule has 4 rings (SSSR count). The molecule has 3 heterocycles. The van der Waals surface area contributed by atoms with Crippen molar-refractivity contribution in [2.45, 2.75) is 39.7 Å². The van der Waals surface area contributed by atoms with E-state index in [1.807, 2.05) is 48.5 Å². The molecule has 0 atom stereocenters. The van der Waals surface area contributed by atoms with Gasteiger partial charge in [0.25, 0.3) is 0 Å². The number of imidazole rings is 1. The zero-order chi connectivity index (χ0) is 20.4. The highest BCUT2D eigenvalue weighted by Crippen LogP contribution is 2.19. The van der Waals surface area contributed by atoms with Crippen molar-refractivity contribution in [3.05, 3.63) is 48.2 Å². The maximum absolute atomic E-state index is 12.7. The van der Waals surface area contributed by atoms with Crippen LogP contribution in [0.15, 0.2) is 36.7 Å². The predicted octanol–water partition coefficient (Wildman–Crippen LogP) is 3.00. The molecule has 0 spiro atoms. The quantitative estimate of drug-likeness (QED) is 0.668. The minimum absolute atomic E-state index is 0.198. The van der Waals surface area contributed by atoms with Gasteiger partial charge in [-0.15, -0.1) is 0 Å². The van der Waals surface area contributed by atoms with Crippen LogP contribution in [0.5, 0.6) is 0 Å². The summed E-state index contributed by atoms with van der Waals surface area (Å²) in [5.74, 6) is 2.35. The first-order valence-corrected chi connectivity index (χ1v) is 10.3. The number of fused-ring (bicyclic) bond motifs is 1. The maximum atomic E-state index is 12.7. The van der Waals surface area contributed by atoms with Crippen LogP contribution in [-0.2, 0) is 11.3 Å². The third kappa shape index (κ3) is 4.23. The van der Waals surface area contributed by atoms with Crippen LogP contribution in [0.4, 0.5) is 5.82 Å². The Hall–Kier alpha value is -2.96. The molecular formula is C22H28N6O. The number of amides is 1. The van der Waals surface area contributed by atoms with Gasteiger partial charge in [0, 0.05) is 56.8 Å². The van der Waals surface area contributed by atoms with Crippen molar-refractivity contribution in [3.8, 4) is 0 Å². The fraction of sp³-hybridized carbons (Fsp3) is 0.455. The first-order valence-electron chi connectivity index (χ1n) is 10.3. The smallest absolute Gasteiger partial charge is 0.224 e. The second kappa shape index (κ2) is 8.19. The molecule has 0 unspecified atom stereocenters. The predicted molar refractivity (Wildman–Crippen MR) is 114 cm³/mol. The molecule has 0 bridgehead atoms. The van der Waals surface area contributed by atoms with Crippen molar-refractivity contribution >= 4 is 22.8 Å². The average molecular weight is 393 g/mol. The lowest BCUT2D eigenvalue weighted by Crippen LogP contribution is -2.49. The minimum Gasteiger partial charge on any atom is -0.353 e. The van der Waals surface area contributed by atoms with Gasteiger partial charge in [0.2, 0.25) is 5.91 Å². The lowest BCUT2D eigenvalue weighted by molar-refractivity contribution is -0.131. The molecule has 7 heteroatoms. The van der Waals surface area contributed by atoms with Gasteiger partial charge in [-0.3, -0.25) is 4.79 Å². The van der Waals surface area contributed by atoms with Crippen molar-refractivity contribution in [1.82, 2.24) is 24.4 Å². The van der Waals surface area contributed by atoms with Crippen molar-refractivity contribution in [1.29, 1.82) is 0 Å². The molecule has 1 fully saturated rings. The molecule has 3 aromatic rings. The number of rotatable bonds is 5. The number of carbonyl (C=O) groups is 1. The molecule has 1 aromatic carbocycles. The van der Waals surface area contributed by atoms with Crippen LogP contribution in [0, 0.1) is 6.92 Å². The number of piperazine rings is 1. The summed E-state index contributed by atoms with van der Waals surface area (Å²) in [6.07, 6.45) is 2.31. The van der Waals surface area contributed by atoms with Crippen molar-refractivity contribution in [2.75, 3.05) is 31.1 Å². The second-order valence-corrected chi connectivity index (χ2v) is 7.92. The summed E-state index contributed by atoms with van der Waals surface area (Å²) in [5.41, 5.74) is 3.03. The number of carbonyl (C=O) groups excluding carboxylic acids is 1. The van der Waals surface area contributed by atoms with Crippen molar-refractivity contribution < 1.29 is 4.79 Å². The van der Waals surface area contributed by atoms with Gasteiger partial charge in [0.1, 0.15) is 11.6 Å². The Morgan fingerprint density at radius 2 is 1.86 bits per heavy atom. The Morgan fingerprint density at radius 3 is 2.62 bits per heavy atom. The van der Waals surface area contributed by atoms with E-state index in [9.17, 15) is 4.79 Å². The van der Waals surface area contributed by atoms with Crippen LogP contribution in [0.2, 0.25) is 0 Å². The van der Waals surface area contributed by atoms with Crippen LogP contribution in [0.3, 0.4) is 0 Å². The van der Waals surface area contributed by atoms with E-state index in [2.05, 4.69) is 33.3 Å². The van der Waals surface area contributed by atoms with Crippen molar-refractivity contribution in [3.63, 3.8) is 0 Å². The largest absolute Gasteiger partial charge is 0.353 e. The van der Waals surface area contributed by atoms with E-state index in [0.29, 0.717) is 18.9 Å². The Balaban J connectivity index is 1.34. The van der Waals surface area contributed by atoms with Gasteiger partial charge in [-0.2, -0.15) is 0 Å². The fourth-order valence-corrected chi connectivity index (χ4v) is 3.74. The molecule has 0 aliphatic carbocycles. The average Bonchev–Trinajstić information content (AvgIpc) is 3.15. The Bertz CT molecular complexity index is 1000. The summed E-state index contributed by atoms with van der Waals surface area (Å²) in [6.45, 7) is 9.94. The number of hydrogen-bond acceptors (Lipinski definition) is 5. The third-order valence-electron chi connectivity index (χ3n) is 5.42. The Morgan fingerprint density at radius 1 is 1.10 bits per heavy atom. The first kappa shape index (κ1) is 19.4. The maximum Gasteiger partial charge on any atom is 0.224 e. The molecule has 0 N–H and O–H groups in total. The molecule has 1 aliphatic rings. The van der Waals surface area contributed by atoms with Crippen LogP contribution in [-0.4, -0.2) is 56.5 Å². The summed E-state index contributed by atoms with van der Waals surface area (Å²) in [7, 11) is 0. The van der Waals surface area contributed by atoms with Crippen LogP contribution < -0.4 is 4.90 Å². The van der Waals surface area contributed by atoms with Crippen LogP contribution in [0.1, 0.15) is 37.7 Å². The SMILES string of the molecule is Cc1cc(N2CCN(C(=O)CCn3cnc4ccccc43)CC2)nc(C(C)C)n1. The van der Waals surface area contributed by atoms with Gasteiger partial charge in [-0.25, -0.2) is 15.0 Å². The first-order chi connectivity index (χ1) is 14.0. The van der Waals surface area contributed by atoms with Gasteiger partial charge in [0.05, 0.1) is 17.4 Å². The number of nitrogens with zero attached hydrogens (tertiary/aromatic N) is 6. The molecule has 0 saturated carbocycles. The van der Waals surface area contributed by atoms with E-state index >= 15 is 0 Å². The molecule has 2 aromatic heterocycles. The zero-order valence-electron chi connectivity index (χ0n) is 17.4. The van der Waals surface area contributed by atoms with E-state index in [0.717, 1.165) is 54.5 Å². The normalized spacial score (nSPS) is 14.8. The number of anilines is 1. The lowest BCUT2D eigenvalue weighted by Gasteiger charge is -2.35. The van der Waals surface area contributed by atoms with E-state index in [1.165, 1.54) is 0 Å². The molecule has 152 valence electrons. The highest BCUT2D eigenvalue weighted by atomic mass is 16.2. The topological polar surface area (TPSA) is 67.2 Å². The molecule has 1 aliphatic heterocycles. The molecule has 7 nitrogen and oxygen atoms in total. The standard InChI is InChI=1S/C22H28N6O/c1-16(2)22-24-17(3)14-20(25-22)26-10-12-27(13-11-26)21(29)8-9-28-15-23-18-6-4-5-7-19(18)28/h4-7,14-16H,8-13H2,1-3H3. The summed E-state index contributed by atoms with van der Waals surface area (Å²) in [6, 6.07) is 10.1. The molecule has 0 radical (unpaired) electrons. The Kier molecular flexibility index (Phi) is 5.47. The van der Waals surface area contributed by atoms with E-state index < -0.39 is 0 Å². The zero-order valence-corrected chi connectivity index (χ0v) is 17.4. The summed E-state index contributed by atoms with van der Waals surface area (Å²) >= 11 is 0. The third-order valence-corrected chi connectivity index (χ3v) is 5.42. The lowest BCUT2D eigenvalue weighted by atomic mass is 10.2. The van der Waals surface area contributed by atoms with E-state index in [1.54, 1.807) is 0 Å². The molecular weight excluding hydrogens is 364 g/mol. The monoisotopic (exact) mass is 392 g/mol. The summed E-state index contributed by atoms with van der Waals surface area (Å²) < 4.78 is 2.06. The van der Waals surface area contributed by atoms with Crippen molar-refractivity contribution in [2.24, 2.45) is 0 Å². The summed E-state index contributed by atoms with van der Waals surface area (Å²) in [5, 5.41) is 0. The van der Waals surface area contributed by atoms with Gasteiger partial charge in [-0.1, -0.05) is 26.0 Å². The molecule has 1 amide bonds. The van der Waals surface area contributed by atoms with Gasteiger partial charge in [0.15, 0.2) is 0 Å².